The van der Waals surface area contributed by atoms with E-state index in [-0.39, 0.29) is 6.61 Å². The van der Waals surface area contributed by atoms with Crippen molar-refractivity contribution in [2.24, 2.45) is 0 Å². The number of carbonyl (C=O) groups is 2. The number of fused-ring (bicyclic) bond motifs is 1. The molecule has 1 N–H and O–H groups in total. The Bertz CT molecular complexity index is 742. The average Bonchev–Trinajstić information content (AvgIpc) is 2.92. The van der Waals surface area contributed by atoms with E-state index in [9.17, 15) is 14.7 Å². The van der Waals surface area contributed by atoms with Gasteiger partial charge in [0.2, 0.25) is 0 Å². The summed E-state index contributed by atoms with van der Waals surface area (Å²) < 4.78 is 5.31. The van der Waals surface area contributed by atoms with E-state index in [1.165, 1.54) is 4.90 Å². The molecule has 5 heteroatoms. The normalized spacial score (nSPS) is 16.0. The lowest BCUT2D eigenvalue weighted by Gasteiger charge is -2.22. The maximum Gasteiger partial charge on any atom is 0.415 e. The lowest BCUT2D eigenvalue weighted by molar-refractivity contribution is -0.138. The molecule has 0 bridgehead atoms. The van der Waals surface area contributed by atoms with Crippen LogP contribution >= 0.6 is 0 Å². The van der Waals surface area contributed by atoms with Crippen LogP contribution in [0.4, 0.5) is 10.5 Å². The Morgan fingerprint density at radius 2 is 1.96 bits per heavy atom. The van der Waals surface area contributed by atoms with E-state index in [1.807, 2.05) is 55.5 Å². The van der Waals surface area contributed by atoms with Crippen LogP contribution in [0.5, 0.6) is 0 Å². The minimum Gasteiger partial charge on any atom is -0.480 e. The minimum absolute atomic E-state index is 0.115. The van der Waals surface area contributed by atoms with Crippen LogP contribution < -0.4 is 4.90 Å². The Morgan fingerprint density at radius 1 is 1.22 bits per heavy atom. The average molecular weight is 311 g/mol. The lowest BCUT2D eigenvalue weighted by Crippen LogP contribution is -2.43. The van der Waals surface area contributed by atoms with Gasteiger partial charge in [-0.05, 0) is 29.7 Å². The molecular formula is C18H17NO4. The van der Waals surface area contributed by atoms with Crippen LogP contribution in [0.25, 0.3) is 0 Å². The third kappa shape index (κ3) is 3.04. The molecule has 0 saturated heterocycles. The molecule has 2 aromatic rings. The molecule has 0 spiro atoms. The first-order valence-corrected chi connectivity index (χ1v) is 7.38. The van der Waals surface area contributed by atoms with E-state index in [4.69, 9.17) is 4.74 Å². The number of hydrogen-bond donors (Lipinski definition) is 1. The van der Waals surface area contributed by atoms with Gasteiger partial charge in [-0.1, -0.05) is 42.5 Å². The number of carboxylic acids is 1. The Morgan fingerprint density at radius 3 is 2.65 bits per heavy atom. The van der Waals surface area contributed by atoms with Crippen LogP contribution in [0.2, 0.25) is 0 Å². The van der Waals surface area contributed by atoms with Gasteiger partial charge in [0.25, 0.3) is 0 Å². The van der Waals surface area contributed by atoms with Crippen molar-refractivity contribution in [3.05, 3.63) is 65.2 Å². The van der Waals surface area contributed by atoms with Crippen LogP contribution in [0.1, 0.15) is 16.7 Å². The quantitative estimate of drug-likeness (QED) is 0.945. The fraction of sp³-hybridized carbons (Fsp3) is 0.222. The van der Waals surface area contributed by atoms with Gasteiger partial charge in [-0.2, -0.15) is 0 Å². The zero-order valence-corrected chi connectivity index (χ0v) is 12.7. The van der Waals surface area contributed by atoms with Crippen LogP contribution in [0.15, 0.2) is 48.5 Å². The standard InChI is InChI=1S/C18H17NO4/c1-12-7-8-14-10-16(17(20)21)19(15(14)9-12)18(22)23-11-13-5-3-2-4-6-13/h2-9,16H,10-11H2,1H3,(H,20,21)/t16-/m0/s1. The number of aryl methyl sites for hydroxylation is 1. The Labute approximate surface area is 134 Å². The monoisotopic (exact) mass is 311 g/mol. The number of carboxylic acid groups (broad SMARTS) is 1. The van der Waals surface area contributed by atoms with Crippen molar-refractivity contribution in [1.29, 1.82) is 0 Å². The summed E-state index contributed by atoms with van der Waals surface area (Å²) >= 11 is 0. The molecule has 0 saturated carbocycles. The number of aliphatic carboxylic acids is 1. The summed E-state index contributed by atoms with van der Waals surface area (Å²) in [4.78, 5) is 25.2. The SMILES string of the molecule is Cc1ccc2c(c1)N(C(=O)OCc1ccccc1)[C@H](C(=O)O)C2. The van der Waals surface area contributed by atoms with Crippen molar-refractivity contribution >= 4 is 17.7 Å². The first kappa shape index (κ1) is 15.1. The molecule has 0 aromatic heterocycles. The molecule has 5 nitrogen and oxygen atoms in total. The van der Waals surface area contributed by atoms with Gasteiger partial charge in [0.15, 0.2) is 0 Å². The fourth-order valence-electron chi connectivity index (χ4n) is 2.75. The van der Waals surface area contributed by atoms with Gasteiger partial charge in [0, 0.05) is 6.42 Å². The predicted octanol–water partition coefficient (Wildman–Crippen LogP) is 3.15. The second-order valence-electron chi connectivity index (χ2n) is 5.60. The smallest absolute Gasteiger partial charge is 0.415 e. The summed E-state index contributed by atoms with van der Waals surface area (Å²) in [5, 5.41) is 9.41. The maximum absolute atomic E-state index is 12.4. The lowest BCUT2D eigenvalue weighted by atomic mass is 10.1. The van der Waals surface area contributed by atoms with Gasteiger partial charge in [0.05, 0.1) is 5.69 Å². The zero-order valence-electron chi connectivity index (χ0n) is 12.7. The summed E-state index contributed by atoms with van der Waals surface area (Å²) in [6.45, 7) is 2.02. The molecule has 0 fully saturated rings. The third-order valence-electron chi connectivity index (χ3n) is 3.91. The number of carbonyl (C=O) groups excluding carboxylic acids is 1. The van der Waals surface area contributed by atoms with Gasteiger partial charge in [-0.25, -0.2) is 9.59 Å². The molecule has 0 unspecified atom stereocenters. The molecule has 1 amide bonds. The Kier molecular flexibility index (Phi) is 4.02. The molecule has 0 aliphatic carbocycles. The molecule has 0 radical (unpaired) electrons. The Hall–Kier alpha value is -2.82. The highest BCUT2D eigenvalue weighted by Crippen LogP contribution is 2.33. The van der Waals surface area contributed by atoms with E-state index in [0.29, 0.717) is 12.1 Å². The number of benzene rings is 2. The zero-order chi connectivity index (χ0) is 16.4. The van der Waals surface area contributed by atoms with Crippen molar-refractivity contribution in [2.45, 2.75) is 26.0 Å². The molecule has 118 valence electrons. The van der Waals surface area contributed by atoms with Crippen molar-refractivity contribution in [3.8, 4) is 0 Å². The number of hydrogen-bond acceptors (Lipinski definition) is 3. The van der Waals surface area contributed by atoms with Gasteiger partial charge in [0.1, 0.15) is 12.6 Å². The summed E-state index contributed by atoms with van der Waals surface area (Å²) in [6, 6.07) is 14.0. The van der Waals surface area contributed by atoms with Crippen molar-refractivity contribution in [3.63, 3.8) is 0 Å². The van der Waals surface area contributed by atoms with Crippen LogP contribution in [0, 0.1) is 6.92 Å². The van der Waals surface area contributed by atoms with Gasteiger partial charge in [-0.15, -0.1) is 0 Å². The van der Waals surface area contributed by atoms with E-state index in [1.54, 1.807) is 0 Å². The molecule has 1 atom stereocenters. The molecule has 1 aliphatic rings. The van der Waals surface area contributed by atoms with Crippen LogP contribution in [0.3, 0.4) is 0 Å². The van der Waals surface area contributed by atoms with Gasteiger partial charge in [-0.3, -0.25) is 4.90 Å². The summed E-state index contributed by atoms with van der Waals surface area (Å²) in [6.07, 6.45) is -0.337. The Balaban J connectivity index is 1.82. The van der Waals surface area contributed by atoms with Crippen molar-refractivity contribution < 1.29 is 19.4 Å². The highest BCUT2D eigenvalue weighted by Gasteiger charge is 2.39. The van der Waals surface area contributed by atoms with Gasteiger partial charge < -0.3 is 9.84 Å². The number of nitrogens with zero attached hydrogens (tertiary/aromatic N) is 1. The number of rotatable bonds is 3. The van der Waals surface area contributed by atoms with Gasteiger partial charge >= 0.3 is 12.1 Å². The number of anilines is 1. The molecule has 23 heavy (non-hydrogen) atoms. The van der Waals surface area contributed by atoms with E-state index in [0.717, 1.165) is 16.7 Å². The molecule has 2 aromatic carbocycles. The molecule has 1 aliphatic heterocycles. The highest BCUT2D eigenvalue weighted by atomic mass is 16.6. The largest absolute Gasteiger partial charge is 0.480 e. The molecule has 3 rings (SSSR count). The topological polar surface area (TPSA) is 66.8 Å². The van der Waals surface area contributed by atoms with Crippen LogP contribution in [-0.2, 0) is 22.6 Å². The number of amides is 1. The van der Waals surface area contributed by atoms with Crippen molar-refractivity contribution in [2.75, 3.05) is 4.90 Å². The minimum atomic E-state index is -1.03. The highest BCUT2D eigenvalue weighted by molar-refractivity contribution is 5.98. The summed E-state index contributed by atoms with van der Waals surface area (Å²) in [5.41, 5.74) is 3.29. The first-order valence-electron chi connectivity index (χ1n) is 7.38. The first-order chi connectivity index (χ1) is 11.1. The fourth-order valence-corrected chi connectivity index (χ4v) is 2.75. The maximum atomic E-state index is 12.4. The molecular weight excluding hydrogens is 294 g/mol. The second kappa shape index (κ2) is 6.12. The van der Waals surface area contributed by atoms with E-state index in [2.05, 4.69) is 0 Å². The van der Waals surface area contributed by atoms with E-state index < -0.39 is 18.1 Å². The summed E-state index contributed by atoms with van der Waals surface area (Å²) in [5.74, 6) is -1.03. The predicted molar refractivity (Wildman–Crippen MR) is 85.4 cm³/mol. The number of ether oxygens (including phenoxy) is 1. The molecule has 1 heterocycles. The third-order valence-corrected chi connectivity index (χ3v) is 3.91. The van der Waals surface area contributed by atoms with Crippen molar-refractivity contribution in [1.82, 2.24) is 0 Å². The second-order valence-corrected chi connectivity index (χ2v) is 5.60. The van der Waals surface area contributed by atoms with E-state index >= 15 is 0 Å². The van der Waals surface area contributed by atoms with Crippen LogP contribution in [-0.4, -0.2) is 23.2 Å². The summed E-state index contributed by atoms with van der Waals surface area (Å²) in [7, 11) is 0.